The molecule has 1 aliphatic rings. The number of unbranched alkanes of at least 4 members (excludes halogenated alkanes) is 14. The molecule has 1 aromatic rings. The topological polar surface area (TPSA) is 249 Å². The van der Waals surface area contributed by atoms with Crippen LogP contribution in [0.15, 0.2) is 18.2 Å². The number of epoxide rings is 1. The number of nitrogens with one attached hydrogen (secondary N) is 2. The van der Waals surface area contributed by atoms with Crippen LogP contribution in [0.3, 0.4) is 0 Å². The second-order valence-corrected chi connectivity index (χ2v) is 14.0. The molecule has 0 spiro atoms. The van der Waals surface area contributed by atoms with Crippen molar-refractivity contribution in [2.75, 3.05) is 31.6 Å². The van der Waals surface area contributed by atoms with E-state index in [1.54, 1.807) is 0 Å². The number of hydrogen-bond donors (Lipinski definition) is 7. The van der Waals surface area contributed by atoms with E-state index in [1.165, 1.54) is 55.2 Å². The first kappa shape index (κ1) is 44.9. The van der Waals surface area contributed by atoms with Crippen molar-refractivity contribution >= 4 is 41.4 Å². The minimum Gasteiger partial charge on any atom is -0.481 e. The van der Waals surface area contributed by atoms with Crippen molar-refractivity contribution < 1.29 is 53.9 Å². The Morgan fingerprint density at radius 2 is 1.21 bits per heavy atom. The molecule has 0 aromatic heterocycles. The molecular formula is C38H60N4O11. The number of carboxylic acid groups (broad SMARTS) is 4. The lowest BCUT2D eigenvalue weighted by Crippen LogP contribution is -2.44. The Hall–Kier alpha value is -4.24. The second kappa shape index (κ2) is 24.9. The number of benzene rings is 1. The molecule has 15 nitrogen and oxygen atoms in total. The molecule has 0 bridgehead atoms. The van der Waals surface area contributed by atoms with Gasteiger partial charge in [-0.1, -0.05) is 77.0 Å². The summed E-state index contributed by atoms with van der Waals surface area (Å²) in [6.07, 6.45) is 16.4. The molecule has 2 rings (SSSR count). The summed E-state index contributed by atoms with van der Waals surface area (Å²) >= 11 is 0. The van der Waals surface area contributed by atoms with Crippen LogP contribution in [0, 0.1) is 0 Å². The number of aliphatic carboxylic acids is 3. The summed E-state index contributed by atoms with van der Waals surface area (Å²) in [6, 6.07) is 3.10. The lowest BCUT2D eigenvalue weighted by atomic mass is 10.0. The average molecular weight is 749 g/mol. The monoisotopic (exact) mass is 748 g/mol. The van der Waals surface area contributed by atoms with E-state index in [1.807, 2.05) is 0 Å². The molecule has 1 fully saturated rings. The van der Waals surface area contributed by atoms with E-state index < -0.39 is 41.6 Å². The Morgan fingerprint density at radius 3 is 1.70 bits per heavy atom. The molecule has 15 heteroatoms. The molecule has 1 aromatic carbocycles. The number of rotatable bonds is 32. The molecule has 0 saturated carbocycles. The van der Waals surface area contributed by atoms with Gasteiger partial charge in [-0.3, -0.25) is 24.0 Å². The van der Waals surface area contributed by atoms with Crippen molar-refractivity contribution in [3.63, 3.8) is 0 Å². The molecule has 2 amide bonds. The second-order valence-electron chi connectivity index (χ2n) is 14.0. The van der Waals surface area contributed by atoms with E-state index in [2.05, 4.69) is 10.6 Å². The number of amides is 2. The SMILES string of the molecule is N[C@@H](CCCCNC(=O)c1cc(NC2(CN(CCC(=O)O)C(=O)CCCCCCCCCCCCCCCCC(=O)O)CO2)cc(C(=O)O)c1)C(=O)O. The van der Waals surface area contributed by atoms with E-state index in [-0.39, 0.29) is 74.6 Å². The average Bonchev–Trinajstić information content (AvgIpc) is 3.87. The quantitative estimate of drug-likeness (QED) is 0.0357. The highest BCUT2D eigenvalue weighted by atomic mass is 16.6. The number of aromatic carboxylic acids is 1. The molecule has 53 heavy (non-hydrogen) atoms. The first-order valence-corrected chi connectivity index (χ1v) is 19.1. The summed E-state index contributed by atoms with van der Waals surface area (Å²) < 4.78 is 5.68. The number of carbonyl (C=O) groups is 6. The summed E-state index contributed by atoms with van der Waals surface area (Å²) in [5.74, 6) is -4.80. The Labute approximate surface area is 312 Å². The summed E-state index contributed by atoms with van der Waals surface area (Å²) in [5.41, 5.74) is 4.67. The van der Waals surface area contributed by atoms with Crippen LogP contribution >= 0.6 is 0 Å². The molecule has 8 N–H and O–H groups in total. The Balaban J connectivity index is 1.78. The summed E-state index contributed by atoms with van der Waals surface area (Å²) in [7, 11) is 0. The van der Waals surface area contributed by atoms with Gasteiger partial charge in [0, 0.05) is 37.2 Å². The van der Waals surface area contributed by atoms with Gasteiger partial charge in [0.15, 0.2) is 5.72 Å². The van der Waals surface area contributed by atoms with Crippen molar-refractivity contribution in [2.45, 2.75) is 140 Å². The van der Waals surface area contributed by atoms with Crippen LogP contribution in [0.1, 0.15) is 149 Å². The highest BCUT2D eigenvalue weighted by molar-refractivity contribution is 5.99. The van der Waals surface area contributed by atoms with Crippen LogP contribution in [-0.4, -0.2) is 99.0 Å². The van der Waals surface area contributed by atoms with Crippen molar-refractivity contribution in [1.29, 1.82) is 0 Å². The van der Waals surface area contributed by atoms with Crippen molar-refractivity contribution in [3.8, 4) is 0 Å². The van der Waals surface area contributed by atoms with Crippen molar-refractivity contribution in [1.82, 2.24) is 10.2 Å². The number of nitrogens with zero attached hydrogens (tertiary/aromatic N) is 1. The molecule has 2 atom stereocenters. The fourth-order valence-corrected chi connectivity index (χ4v) is 6.09. The van der Waals surface area contributed by atoms with Gasteiger partial charge in [-0.2, -0.15) is 0 Å². The smallest absolute Gasteiger partial charge is 0.335 e. The molecule has 1 heterocycles. The number of carbonyl (C=O) groups excluding carboxylic acids is 2. The van der Waals surface area contributed by atoms with Crippen LogP contribution in [0.2, 0.25) is 0 Å². The fourth-order valence-electron chi connectivity index (χ4n) is 6.09. The van der Waals surface area contributed by atoms with Gasteiger partial charge in [0.1, 0.15) is 6.04 Å². The van der Waals surface area contributed by atoms with Gasteiger partial charge in [0.05, 0.1) is 25.1 Å². The zero-order valence-electron chi connectivity index (χ0n) is 31.0. The Morgan fingerprint density at radius 1 is 0.698 bits per heavy atom. The van der Waals surface area contributed by atoms with Crippen LogP contribution in [-0.2, 0) is 23.9 Å². The number of nitrogens with two attached hydrogens (primary N) is 1. The molecule has 1 unspecified atom stereocenters. The van der Waals surface area contributed by atoms with Gasteiger partial charge in [0.2, 0.25) is 5.91 Å². The minimum atomic E-state index is -1.25. The first-order chi connectivity index (χ1) is 25.3. The van der Waals surface area contributed by atoms with Gasteiger partial charge < -0.3 is 46.4 Å². The van der Waals surface area contributed by atoms with E-state index in [4.69, 9.17) is 20.7 Å². The summed E-state index contributed by atoms with van der Waals surface area (Å²) in [6.45, 7) is 0.462. The fraction of sp³-hybridized carbons (Fsp3) is 0.684. The van der Waals surface area contributed by atoms with Crippen LogP contribution in [0.25, 0.3) is 0 Å². The lowest BCUT2D eigenvalue weighted by molar-refractivity contribution is -0.140. The van der Waals surface area contributed by atoms with Crippen LogP contribution < -0.4 is 16.4 Å². The third-order valence-electron chi connectivity index (χ3n) is 9.28. The summed E-state index contributed by atoms with van der Waals surface area (Å²) in [5, 5.41) is 42.4. The highest BCUT2D eigenvalue weighted by Crippen LogP contribution is 2.31. The first-order valence-electron chi connectivity index (χ1n) is 19.1. The number of hydrogen-bond acceptors (Lipinski definition) is 9. The number of ether oxygens (including phenoxy) is 1. The molecule has 0 radical (unpaired) electrons. The minimum absolute atomic E-state index is 0.00807. The van der Waals surface area contributed by atoms with Gasteiger partial charge in [-0.15, -0.1) is 0 Å². The maximum absolute atomic E-state index is 13.2. The third-order valence-corrected chi connectivity index (χ3v) is 9.28. The normalized spacial score (nSPS) is 15.3. The largest absolute Gasteiger partial charge is 0.481 e. The van der Waals surface area contributed by atoms with E-state index in [9.17, 15) is 39.0 Å². The van der Waals surface area contributed by atoms with Crippen LogP contribution in [0.5, 0.6) is 0 Å². The summed E-state index contributed by atoms with van der Waals surface area (Å²) in [4.78, 5) is 72.2. The number of anilines is 1. The van der Waals surface area contributed by atoms with Gasteiger partial charge in [-0.25, -0.2) is 4.79 Å². The van der Waals surface area contributed by atoms with Gasteiger partial charge >= 0.3 is 23.9 Å². The maximum Gasteiger partial charge on any atom is 0.335 e. The Bertz CT molecular complexity index is 1330. The van der Waals surface area contributed by atoms with Crippen molar-refractivity contribution in [2.24, 2.45) is 5.73 Å². The van der Waals surface area contributed by atoms with E-state index in [0.717, 1.165) is 51.4 Å². The maximum atomic E-state index is 13.2. The van der Waals surface area contributed by atoms with E-state index >= 15 is 0 Å². The standard InChI is InChI=1S/C38H60N4O11/c39-31(37(51)52)17-15-16-21-40-35(48)28-23-29(36(49)50)25-30(24-28)41-38(27-53-38)26-42(22-20-34(46)47)32(43)18-13-11-9-7-5-3-1-2-4-6-8-10-12-14-19-33(44)45/h23-25,31,41H,1-22,26-27,39H2,(H,40,48)(H,44,45)(H,46,47)(H,49,50)(H,51,52)/t31-,38?/m0/s1. The molecule has 298 valence electrons. The van der Waals surface area contributed by atoms with Gasteiger partial charge in [0.25, 0.3) is 5.91 Å². The molecular weight excluding hydrogens is 688 g/mol. The Kier molecular flexibility index (Phi) is 21.1. The van der Waals surface area contributed by atoms with Crippen LogP contribution in [0.4, 0.5) is 5.69 Å². The van der Waals surface area contributed by atoms with Gasteiger partial charge in [-0.05, 0) is 50.3 Å². The predicted octanol–water partition coefficient (Wildman–Crippen LogP) is 5.46. The third kappa shape index (κ3) is 20.0. The molecule has 1 aliphatic heterocycles. The molecule has 1 saturated heterocycles. The van der Waals surface area contributed by atoms with Crippen molar-refractivity contribution in [3.05, 3.63) is 29.3 Å². The zero-order valence-corrected chi connectivity index (χ0v) is 31.0. The lowest BCUT2D eigenvalue weighted by Gasteiger charge is -2.27. The zero-order chi connectivity index (χ0) is 39.1. The number of carboxylic acids is 4. The highest BCUT2D eigenvalue weighted by Gasteiger charge is 2.47. The molecule has 0 aliphatic carbocycles. The predicted molar refractivity (Wildman–Crippen MR) is 198 cm³/mol. The van der Waals surface area contributed by atoms with E-state index in [0.29, 0.717) is 19.3 Å².